The Labute approximate surface area is 111 Å². The summed E-state index contributed by atoms with van der Waals surface area (Å²) in [4.78, 5) is 0. The summed E-state index contributed by atoms with van der Waals surface area (Å²) < 4.78 is 25.8. The van der Waals surface area contributed by atoms with Gasteiger partial charge < -0.3 is 5.11 Å². The highest BCUT2D eigenvalue weighted by molar-refractivity contribution is 7.89. The molecule has 1 aromatic carbocycles. The lowest BCUT2D eigenvalue weighted by atomic mass is 10.1. The summed E-state index contributed by atoms with van der Waals surface area (Å²) in [5.41, 5.74) is 0.549. The van der Waals surface area contributed by atoms with Crippen molar-refractivity contribution in [3.63, 3.8) is 0 Å². The smallest absolute Gasteiger partial charge is 0.260 e. The van der Waals surface area contributed by atoms with Crippen molar-refractivity contribution in [2.24, 2.45) is 0 Å². The van der Waals surface area contributed by atoms with Crippen LogP contribution < -0.4 is 0 Å². The number of nitrogens with zero attached hydrogens (tertiary/aromatic N) is 2. The quantitative estimate of drug-likeness (QED) is 0.889. The zero-order valence-corrected chi connectivity index (χ0v) is 11.4. The number of sulfonamides is 1. The topological polar surface area (TPSA) is 86.3 Å². The SMILES string of the molecule is CC(c1ccccc1O)N(C)S(=O)(=O)c1ccn[nH]1. The van der Waals surface area contributed by atoms with E-state index in [4.69, 9.17) is 0 Å². The predicted octanol–water partition coefficient (Wildman–Crippen LogP) is 1.50. The predicted molar refractivity (Wildman–Crippen MR) is 70.1 cm³/mol. The fraction of sp³-hybridized carbons (Fsp3) is 0.250. The molecule has 0 amide bonds. The molecule has 0 aliphatic carbocycles. The number of para-hydroxylation sites is 1. The average Bonchev–Trinajstić information content (AvgIpc) is 2.92. The molecule has 2 aromatic rings. The van der Waals surface area contributed by atoms with E-state index in [-0.39, 0.29) is 10.8 Å². The van der Waals surface area contributed by atoms with Crippen LogP contribution in [0.15, 0.2) is 41.6 Å². The van der Waals surface area contributed by atoms with Crippen molar-refractivity contribution < 1.29 is 13.5 Å². The van der Waals surface area contributed by atoms with E-state index in [1.54, 1.807) is 25.1 Å². The summed E-state index contributed by atoms with van der Waals surface area (Å²) in [5.74, 6) is 0.0710. The van der Waals surface area contributed by atoms with Gasteiger partial charge in [-0.05, 0) is 19.1 Å². The molecular weight excluding hydrogens is 266 g/mol. The maximum atomic E-state index is 12.3. The molecular formula is C12H15N3O3S. The van der Waals surface area contributed by atoms with Crippen molar-refractivity contribution in [1.82, 2.24) is 14.5 Å². The molecule has 1 atom stereocenters. The lowest BCUT2D eigenvalue weighted by molar-refractivity contribution is 0.379. The molecule has 0 saturated carbocycles. The molecule has 0 saturated heterocycles. The molecule has 0 fully saturated rings. The van der Waals surface area contributed by atoms with Gasteiger partial charge in [0.15, 0.2) is 5.03 Å². The Morgan fingerprint density at radius 3 is 2.58 bits per heavy atom. The first kappa shape index (κ1) is 13.6. The van der Waals surface area contributed by atoms with Crippen LogP contribution in [0.1, 0.15) is 18.5 Å². The number of benzene rings is 1. The van der Waals surface area contributed by atoms with Gasteiger partial charge in [0.05, 0.1) is 12.2 Å². The minimum absolute atomic E-state index is 0.0253. The van der Waals surface area contributed by atoms with Crippen molar-refractivity contribution in [3.05, 3.63) is 42.1 Å². The highest BCUT2D eigenvalue weighted by Gasteiger charge is 2.28. The van der Waals surface area contributed by atoms with Crippen LogP contribution in [-0.2, 0) is 10.0 Å². The second-order valence-corrected chi connectivity index (χ2v) is 6.14. The molecule has 7 heteroatoms. The Morgan fingerprint density at radius 2 is 2.00 bits per heavy atom. The Morgan fingerprint density at radius 1 is 1.32 bits per heavy atom. The third-order valence-corrected chi connectivity index (χ3v) is 4.92. The van der Waals surface area contributed by atoms with E-state index in [9.17, 15) is 13.5 Å². The van der Waals surface area contributed by atoms with Crippen molar-refractivity contribution in [1.29, 1.82) is 0 Å². The van der Waals surface area contributed by atoms with Crippen LogP contribution in [0.25, 0.3) is 0 Å². The Kier molecular flexibility index (Phi) is 3.59. The molecule has 2 rings (SSSR count). The fourth-order valence-electron chi connectivity index (χ4n) is 1.79. The summed E-state index contributed by atoms with van der Waals surface area (Å²) >= 11 is 0. The number of phenolic OH excluding ortho intramolecular Hbond substituents is 1. The first-order chi connectivity index (χ1) is 8.94. The van der Waals surface area contributed by atoms with Gasteiger partial charge in [0.2, 0.25) is 0 Å². The summed E-state index contributed by atoms with van der Waals surface area (Å²) in [7, 11) is -2.19. The van der Waals surface area contributed by atoms with Crippen LogP contribution in [-0.4, -0.2) is 35.1 Å². The summed E-state index contributed by atoms with van der Waals surface area (Å²) in [6.07, 6.45) is 1.38. The first-order valence-electron chi connectivity index (χ1n) is 5.70. The largest absolute Gasteiger partial charge is 0.508 e. The van der Waals surface area contributed by atoms with Crippen LogP contribution in [0.5, 0.6) is 5.75 Å². The highest BCUT2D eigenvalue weighted by Crippen LogP contribution is 2.30. The van der Waals surface area contributed by atoms with Gasteiger partial charge in [-0.3, -0.25) is 5.10 Å². The van der Waals surface area contributed by atoms with E-state index in [0.29, 0.717) is 5.56 Å². The van der Waals surface area contributed by atoms with Gasteiger partial charge in [0.1, 0.15) is 5.75 Å². The molecule has 0 spiro atoms. The lowest BCUT2D eigenvalue weighted by Crippen LogP contribution is -2.30. The van der Waals surface area contributed by atoms with Crippen molar-refractivity contribution >= 4 is 10.0 Å². The van der Waals surface area contributed by atoms with Crippen LogP contribution in [0.4, 0.5) is 0 Å². The molecule has 6 nitrogen and oxygen atoms in total. The second-order valence-electron chi connectivity index (χ2n) is 4.18. The van der Waals surface area contributed by atoms with Gasteiger partial charge in [-0.2, -0.15) is 9.40 Å². The second kappa shape index (κ2) is 5.02. The minimum Gasteiger partial charge on any atom is -0.508 e. The van der Waals surface area contributed by atoms with E-state index in [1.165, 1.54) is 29.7 Å². The number of hydrogen-bond donors (Lipinski definition) is 2. The monoisotopic (exact) mass is 281 g/mol. The van der Waals surface area contributed by atoms with Gasteiger partial charge in [-0.15, -0.1) is 0 Å². The molecule has 102 valence electrons. The molecule has 1 heterocycles. The van der Waals surface area contributed by atoms with Gasteiger partial charge in [0.25, 0.3) is 10.0 Å². The number of nitrogens with one attached hydrogen (secondary N) is 1. The van der Waals surface area contributed by atoms with E-state index in [2.05, 4.69) is 10.2 Å². The van der Waals surface area contributed by atoms with Crippen LogP contribution in [0.2, 0.25) is 0 Å². The molecule has 0 radical (unpaired) electrons. The van der Waals surface area contributed by atoms with Crippen molar-refractivity contribution in [2.75, 3.05) is 7.05 Å². The molecule has 0 aliphatic heterocycles. The normalized spacial score (nSPS) is 13.6. The number of phenols is 1. The molecule has 0 aliphatic rings. The number of rotatable bonds is 4. The molecule has 0 bridgehead atoms. The molecule has 1 aromatic heterocycles. The van der Waals surface area contributed by atoms with Crippen LogP contribution in [0.3, 0.4) is 0 Å². The minimum atomic E-state index is -3.66. The van der Waals surface area contributed by atoms with Gasteiger partial charge in [-0.25, -0.2) is 8.42 Å². The zero-order chi connectivity index (χ0) is 14.0. The number of aromatic hydroxyl groups is 1. The Balaban J connectivity index is 2.35. The van der Waals surface area contributed by atoms with Gasteiger partial charge in [-0.1, -0.05) is 18.2 Å². The van der Waals surface area contributed by atoms with E-state index < -0.39 is 16.1 Å². The number of aromatic nitrogens is 2. The number of H-pyrrole nitrogens is 1. The van der Waals surface area contributed by atoms with E-state index in [0.717, 1.165) is 0 Å². The zero-order valence-electron chi connectivity index (χ0n) is 10.6. The number of aromatic amines is 1. The Bertz CT molecular complexity index is 653. The van der Waals surface area contributed by atoms with E-state index in [1.807, 2.05) is 0 Å². The summed E-state index contributed by atoms with van der Waals surface area (Å²) in [6.45, 7) is 1.71. The lowest BCUT2D eigenvalue weighted by Gasteiger charge is -2.24. The summed E-state index contributed by atoms with van der Waals surface area (Å²) in [5, 5.41) is 15.9. The number of hydrogen-bond acceptors (Lipinski definition) is 4. The van der Waals surface area contributed by atoms with Gasteiger partial charge in [0, 0.05) is 12.6 Å². The standard InChI is InChI=1S/C12H15N3O3S/c1-9(10-5-3-4-6-11(10)16)15(2)19(17,18)12-7-8-13-14-12/h3-9,16H,1-2H3,(H,13,14). The van der Waals surface area contributed by atoms with Gasteiger partial charge >= 0.3 is 0 Å². The highest BCUT2D eigenvalue weighted by atomic mass is 32.2. The average molecular weight is 281 g/mol. The van der Waals surface area contributed by atoms with Crippen LogP contribution >= 0.6 is 0 Å². The van der Waals surface area contributed by atoms with Crippen molar-refractivity contribution in [2.45, 2.75) is 18.0 Å². The third-order valence-electron chi connectivity index (χ3n) is 3.06. The van der Waals surface area contributed by atoms with E-state index >= 15 is 0 Å². The fourth-order valence-corrected chi connectivity index (χ4v) is 3.03. The van der Waals surface area contributed by atoms with Crippen molar-refractivity contribution in [3.8, 4) is 5.75 Å². The Hall–Kier alpha value is -1.86. The third kappa shape index (κ3) is 2.47. The molecule has 2 N–H and O–H groups in total. The first-order valence-corrected chi connectivity index (χ1v) is 7.14. The maximum Gasteiger partial charge on any atom is 0.260 e. The maximum absolute atomic E-state index is 12.3. The van der Waals surface area contributed by atoms with Crippen LogP contribution in [0, 0.1) is 0 Å². The molecule has 19 heavy (non-hydrogen) atoms. The molecule has 1 unspecified atom stereocenters. The summed E-state index contributed by atoms with van der Waals surface area (Å²) in [6, 6.07) is 7.57.